The first kappa shape index (κ1) is 63.9. The first-order valence-corrected chi connectivity index (χ1v) is 34.5. The predicted molar refractivity (Wildman–Crippen MR) is 370 cm³/mol. The SMILES string of the molecule is CCCN1c2ccc(/C=C3/SC(=S)N(CCC(=O)O)C3=O)cc2C2CCCC21.CCN1c2ccc(/C=C/C=C3/SC(=S)N(CCC(=O)O)C3=O)cc2C2CCCC21.Cc1ccc(N2c3ccc(/C=C4/SC(=S)N(CCC(=O)O)C4=O)cc3C3CCCC32)cc1. The average molecular weight is 1310 g/mol. The Labute approximate surface area is 548 Å². The van der Waals surface area contributed by atoms with Crippen LogP contribution in [-0.2, 0) is 28.8 Å². The molecule has 0 radical (unpaired) electrons. The van der Waals surface area contributed by atoms with Crippen molar-refractivity contribution in [1.82, 2.24) is 14.7 Å². The van der Waals surface area contributed by atoms with Gasteiger partial charge in [-0.05, 0) is 159 Å². The second kappa shape index (κ2) is 27.9. The van der Waals surface area contributed by atoms with E-state index in [4.69, 9.17) is 52.0 Å². The Kier molecular flexibility index (Phi) is 20.0. The maximum Gasteiger partial charge on any atom is 0.305 e. The number of fused-ring (bicyclic) bond motifs is 9. The number of carboxylic acid groups (broad SMARTS) is 3. The zero-order valence-electron chi connectivity index (χ0n) is 50.0. The largest absolute Gasteiger partial charge is 0.481 e. The number of carbonyl (C=O) groups excluding carboxylic acids is 3. The van der Waals surface area contributed by atoms with Crippen molar-refractivity contribution in [1.29, 1.82) is 0 Å². The second-order valence-electron chi connectivity index (χ2n) is 23.8. The number of nitrogens with zero attached hydrogens (tertiary/aromatic N) is 6. The van der Waals surface area contributed by atoms with Gasteiger partial charge >= 0.3 is 17.9 Å². The van der Waals surface area contributed by atoms with Gasteiger partial charge in [-0.25, -0.2) is 0 Å². The van der Waals surface area contributed by atoms with Gasteiger partial charge in [0.05, 0.1) is 34.0 Å². The summed E-state index contributed by atoms with van der Waals surface area (Å²) in [7, 11) is 0. The number of thioether (sulfide) groups is 3. The number of allylic oxidation sites excluding steroid dienone is 2. The van der Waals surface area contributed by atoms with E-state index in [2.05, 4.69) is 114 Å². The highest BCUT2D eigenvalue weighted by atomic mass is 32.2. The molecule has 21 heteroatoms. The number of carbonyl (C=O) groups is 6. The monoisotopic (exact) mass is 1310 g/mol. The van der Waals surface area contributed by atoms with Gasteiger partial charge in [-0.15, -0.1) is 0 Å². The molecular formula is C68H72N6O9S6. The van der Waals surface area contributed by atoms with Crippen LogP contribution in [0.25, 0.3) is 18.2 Å². The molecule has 3 saturated heterocycles. The Morgan fingerprint density at radius 3 is 1.43 bits per heavy atom. The van der Waals surface area contributed by atoms with E-state index in [0.717, 1.165) is 36.2 Å². The topological polar surface area (TPSA) is 183 Å². The Morgan fingerprint density at radius 2 is 0.933 bits per heavy atom. The van der Waals surface area contributed by atoms with Crippen molar-refractivity contribution in [2.75, 3.05) is 47.4 Å². The third kappa shape index (κ3) is 13.6. The van der Waals surface area contributed by atoms with Gasteiger partial charge in [-0.2, -0.15) is 0 Å². The van der Waals surface area contributed by atoms with Crippen LogP contribution in [0.1, 0.15) is 154 Å². The van der Waals surface area contributed by atoms with Crippen LogP contribution in [0.15, 0.2) is 106 Å². The summed E-state index contributed by atoms with van der Waals surface area (Å²) in [5.74, 6) is -1.68. The number of amides is 3. The van der Waals surface area contributed by atoms with Crippen molar-refractivity contribution < 1.29 is 44.1 Å². The molecule has 0 bridgehead atoms. The predicted octanol–water partition coefficient (Wildman–Crippen LogP) is 14.1. The highest BCUT2D eigenvalue weighted by molar-refractivity contribution is 8.27. The van der Waals surface area contributed by atoms with E-state index >= 15 is 0 Å². The number of rotatable bonds is 17. The molecule has 13 rings (SSSR count). The number of likely N-dealkylation sites (N-methyl/N-ethyl adjacent to an activating group) is 1. The molecule has 6 atom stereocenters. The van der Waals surface area contributed by atoms with E-state index in [9.17, 15) is 28.8 Å². The van der Waals surface area contributed by atoms with Gasteiger partial charge in [0.15, 0.2) is 0 Å². The molecule has 6 heterocycles. The van der Waals surface area contributed by atoms with Gasteiger partial charge < -0.3 is 30.0 Å². The fraction of sp³-hybridized carbons (Fsp3) is 0.397. The molecule has 89 heavy (non-hydrogen) atoms. The number of hydrogen-bond acceptors (Lipinski definition) is 15. The normalized spacial score (nSPS) is 24.3. The van der Waals surface area contributed by atoms with Crippen molar-refractivity contribution in [3.8, 4) is 0 Å². The van der Waals surface area contributed by atoms with Gasteiger partial charge in [-0.1, -0.05) is 146 Å². The van der Waals surface area contributed by atoms with Crippen LogP contribution in [0.3, 0.4) is 0 Å². The quantitative estimate of drug-likeness (QED) is 0.0670. The molecule has 6 fully saturated rings. The Balaban J connectivity index is 0.000000138. The molecule has 9 aliphatic rings. The Bertz CT molecular complexity index is 3680. The summed E-state index contributed by atoms with van der Waals surface area (Å²) in [6, 6.07) is 30.1. The molecule has 0 spiro atoms. The molecule has 3 aliphatic carbocycles. The Morgan fingerprint density at radius 1 is 0.517 bits per heavy atom. The van der Waals surface area contributed by atoms with Crippen molar-refractivity contribution in [3.05, 3.63) is 145 Å². The number of aliphatic carboxylic acids is 3. The third-order valence-electron chi connectivity index (χ3n) is 18.3. The van der Waals surface area contributed by atoms with Gasteiger partial charge in [0.2, 0.25) is 0 Å². The van der Waals surface area contributed by atoms with Crippen molar-refractivity contribution in [2.24, 2.45) is 0 Å². The molecule has 6 unspecified atom stereocenters. The minimum Gasteiger partial charge on any atom is -0.481 e. The molecule has 4 aromatic rings. The molecule has 6 aliphatic heterocycles. The van der Waals surface area contributed by atoms with Gasteiger partial charge in [0, 0.05) is 91.4 Å². The third-order valence-corrected chi connectivity index (χ3v) is 22.5. The maximum atomic E-state index is 12.8. The van der Waals surface area contributed by atoms with Gasteiger partial charge in [-0.3, -0.25) is 43.5 Å². The van der Waals surface area contributed by atoms with Crippen molar-refractivity contribution in [3.63, 3.8) is 0 Å². The molecule has 3 saturated carbocycles. The fourth-order valence-electron chi connectivity index (χ4n) is 14.4. The zero-order chi connectivity index (χ0) is 62.8. The van der Waals surface area contributed by atoms with Crippen LogP contribution in [0.2, 0.25) is 0 Å². The second-order valence-corrected chi connectivity index (χ2v) is 28.8. The fourth-order valence-corrected chi connectivity index (χ4v) is 18.2. The summed E-state index contributed by atoms with van der Waals surface area (Å²) in [4.78, 5) is 83.7. The van der Waals surface area contributed by atoms with E-state index in [0.29, 0.717) is 63.6 Å². The molecule has 0 aromatic heterocycles. The van der Waals surface area contributed by atoms with E-state index < -0.39 is 17.9 Å². The maximum absolute atomic E-state index is 12.8. The lowest BCUT2D eigenvalue weighted by Crippen LogP contribution is -2.31. The van der Waals surface area contributed by atoms with Crippen LogP contribution in [0.5, 0.6) is 0 Å². The molecule has 4 aromatic carbocycles. The first-order valence-electron chi connectivity index (χ1n) is 30.8. The standard InChI is InChI=1S/C25H24N2O3S2.C22H24N2O3S2.C21H24N2O3S2/c1-15-5-8-17(9-6-15)27-20-4-2-3-18(20)19-13-16(7-10-21(19)27)14-22-24(30)26(25(31)32-22)12-11-23(28)29;1-2-23-17-7-4-6-15(17)16-13-14(9-10-18(16)23)5-3-8-19-21(27)24(22(28)29-19)12-11-20(25)26;1-2-9-22-16-5-3-4-14(16)15-11-13(6-7-17(15)22)12-18-20(26)23(21(27)28-18)10-8-19(24)25/h5-10,13-14,18,20H,2-4,11-12H2,1H3,(H,28,29);3,5,8-10,13,15,17H,2,4,6-7,11-12H2,1H3,(H,25,26);6-7,11-12,14,16H,2-5,8-10H2,1H3,(H,24,25)/b22-14+;5-3+,19-8+;18-12+. The number of benzene rings is 4. The molecular weight excluding hydrogens is 1240 g/mol. The lowest BCUT2D eigenvalue weighted by atomic mass is 9.96. The lowest BCUT2D eigenvalue weighted by Gasteiger charge is -2.27. The average Bonchev–Trinajstić information content (AvgIpc) is 1.90. The minimum absolute atomic E-state index is 0.102. The number of aryl methyl sites for hydroxylation is 1. The van der Waals surface area contributed by atoms with E-state index in [-0.39, 0.29) is 56.6 Å². The van der Waals surface area contributed by atoms with Crippen LogP contribution in [-0.4, -0.2) is 129 Å². The van der Waals surface area contributed by atoms with Crippen molar-refractivity contribution >= 4 is 162 Å². The molecule has 3 N–H and O–H groups in total. The first-order chi connectivity index (χ1) is 42.9. The molecule has 464 valence electrons. The van der Waals surface area contributed by atoms with E-state index in [1.165, 1.54) is 153 Å². The lowest BCUT2D eigenvalue weighted by molar-refractivity contribution is -0.138. The Hall–Kier alpha value is -6.62. The molecule has 15 nitrogen and oxygen atoms in total. The van der Waals surface area contributed by atoms with E-state index in [1.54, 1.807) is 6.08 Å². The number of carboxylic acids is 3. The highest BCUT2D eigenvalue weighted by Gasteiger charge is 2.44. The summed E-state index contributed by atoms with van der Waals surface area (Å²) < 4.78 is 1.27. The smallest absolute Gasteiger partial charge is 0.305 e. The van der Waals surface area contributed by atoms with Crippen LogP contribution in [0.4, 0.5) is 22.7 Å². The van der Waals surface area contributed by atoms with Crippen LogP contribution >= 0.6 is 71.9 Å². The summed E-state index contributed by atoms with van der Waals surface area (Å²) in [5, 5.41) is 26.6. The van der Waals surface area contributed by atoms with Gasteiger partial charge in [0.1, 0.15) is 13.0 Å². The zero-order valence-corrected chi connectivity index (χ0v) is 54.9. The summed E-state index contributed by atoms with van der Waals surface area (Å²) in [6.45, 7) is 9.05. The summed E-state index contributed by atoms with van der Waals surface area (Å²) >= 11 is 19.5. The number of anilines is 4. The van der Waals surface area contributed by atoms with Crippen molar-refractivity contribution in [2.45, 2.75) is 140 Å². The van der Waals surface area contributed by atoms with Crippen LogP contribution in [0, 0.1) is 6.92 Å². The number of hydrogen-bond donors (Lipinski definition) is 3. The highest BCUT2D eigenvalue weighted by Crippen LogP contribution is 2.54. The molecule has 3 amide bonds. The van der Waals surface area contributed by atoms with Crippen LogP contribution < -0.4 is 14.7 Å². The summed E-state index contributed by atoms with van der Waals surface area (Å²) in [5.41, 5.74) is 13.8. The summed E-state index contributed by atoms with van der Waals surface area (Å²) in [6.07, 6.45) is 21.5. The number of thiocarbonyl (C=S) groups is 3. The van der Waals surface area contributed by atoms with Gasteiger partial charge in [0.25, 0.3) is 17.7 Å². The minimum atomic E-state index is -0.939. The van der Waals surface area contributed by atoms with E-state index in [1.807, 2.05) is 24.3 Å².